The second-order valence-electron chi connectivity index (χ2n) is 12.9. The molecule has 0 fully saturated rings. The Morgan fingerprint density at radius 1 is 0.224 bits per heavy atom. The predicted octanol–water partition coefficient (Wildman–Crippen LogP) is 17.1. The maximum absolute atomic E-state index is 4.68. The summed E-state index contributed by atoms with van der Waals surface area (Å²) in [5.41, 5.74) is 13.9. The van der Waals surface area contributed by atoms with Crippen LogP contribution in [0.25, 0.3) is 83.5 Å². The fraction of sp³-hybridized carbons (Fsp3) is 0.328. The molecule has 0 unspecified atom stereocenters. The van der Waals surface area contributed by atoms with Crippen LogP contribution < -0.4 is 0 Å². The van der Waals surface area contributed by atoms with Gasteiger partial charge < -0.3 is 13.7 Å². The van der Waals surface area contributed by atoms with Gasteiger partial charge in [0.2, 0.25) is 17.3 Å². The van der Waals surface area contributed by atoms with Crippen LogP contribution in [0.5, 0.6) is 0 Å². The molecule has 12 aromatic rings. The van der Waals surface area contributed by atoms with Crippen LogP contribution in [0.4, 0.5) is 0 Å². The number of benzene rings is 6. The SMILES string of the molecule is CC.CC.CC.CC.CC.CC.CC.CC.Cn1c2ccccc2n2c3ccccc3nc12.Cn1c2ccccc2n2c3ccccc3nc12.Cn1c2ccccc2n2c3ccccc3nc12. The number of rotatable bonds is 0. The molecule has 0 spiro atoms. The fourth-order valence-corrected chi connectivity index (χ4v) is 7.56. The summed E-state index contributed by atoms with van der Waals surface area (Å²) in [5, 5.41) is 0. The summed E-state index contributed by atoms with van der Waals surface area (Å²) in [4.78, 5) is 14.0. The minimum atomic E-state index is 0.993. The van der Waals surface area contributed by atoms with Gasteiger partial charge in [-0.1, -0.05) is 184 Å². The number of aryl methyl sites for hydroxylation is 3. The molecule has 6 heterocycles. The zero-order chi connectivity index (χ0) is 50.2. The van der Waals surface area contributed by atoms with Crippen LogP contribution in [0, 0.1) is 0 Å². The maximum atomic E-state index is 4.68. The number of imidazole rings is 6. The predicted molar refractivity (Wildman–Crippen MR) is 298 cm³/mol. The first-order valence-corrected chi connectivity index (χ1v) is 25.0. The Bertz CT molecular complexity index is 2910. The van der Waals surface area contributed by atoms with E-state index in [-0.39, 0.29) is 0 Å². The molecule has 0 aliphatic carbocycles. The largest absolute Gasteiger partial charge is 0.313 e. The molecular weight excluding hydrogens is 823 g/mol. The molecule has 6 aromatic heterocycles. The van der Waals surface area contributed by atoms with Crippen molar-refractivity contribution in [2.75, 3.05) is 0 Å². The Balaban J connectivity index is 0.000000300. The second-order valence-corrected chi connectivity index (χ2v) is 12.9. The minimum absolute atomic E-state index is 0.993. The number of nitrogens with zero attached hydrogens (tertiary/aromatic N) is 9. The van der Waals surface area contributed by atoms with Gasteiger partial charge in [0.05, 0.1) is 66.2 Å². The van der Waals surface area contributed by atoms with Crippen LogP contribution in [-0.2, 0) is 21.1 Å². The lowest BCUT2D eigenvalue weighted by molar-refractivity contribution is 0.973. The van der Waals surface area contributed by atoms with Gasteiger partial charge in [0.25, 0.3) is 0 Å². The van der Waals surface area contributed by atoms with E-state index in [0.29, 0.717) is 0 Å². The van der Waals surface area contributed by atoms with Gasteiger partial charge in [-0.25, -0.2) is 15.0 Å². The number of hydrogen-bond donors (Lipinski definition) is 0. The van der Waals surface area contributed by atoms with Crippen molar-refractivity contribution in [3.8, 4) is 0 Å². The van der Waals surface area contributed by atoms with Crippen LogP contribution in [0.3, 0.4) is 0 Å². The van der Waals surface area contributed by atoms with Crippen molar-refractivity contribution in [2.45, 2.75) is 111 Å². The molecule has 9 heteroatoms. The first kappa shape index (κ1) is 56.3. The normalized spacial score (nSPS) is 9.72. The summed E-state index contributed by atoms with van der Waals surface area (Å²) >= 11 is 0. The number of aromatic nitrogens is 9. The lowest BCUT2D eigenvalue weighted by atomic mass is 10.3. The van der Waals surface area contributed by atoms with Gasteiger partial charge in [0.15, 0.2) is 0 Å². The average molecular weight is 904 g/mol. The summed E-state index contributed by atoms with van der Waals surface area (Å²) < 4.78 is 13.0. The number of para-hydroxylation sites is 12. The maximum Gasteiger partial charge on any atom is 0.215 e. The molecule has 0 saturated carbocycles. The summed E-state index contributed by atoms with van der Waals surface area (Å²) in [6.07, 6.45) is 0. The lowest BCUT2D eigenvalue weighted by Crippen LogP contribution is -1.87. The van der Waals surface area contributed by atoms with Gasteiger partial charge in [0.1, 0.15) is 0 Å². The molecular formula is C58H81N9. The van der Waals surface area contributed by atoms with E-state index in [1.54, 1.807) is 0 Å². The molecule has 0 aliphatic heterocycles. The minimum Gasteiger partial charge on any atom is -0.313 e. The smallest absolute Gasteiger partial charge is 0.215 e. The Morgan fingerprint density at radius 2 is 0.388 bits per heavy atom. The van der Waals surface area contributed by atoms with Crippen LogP contribution in [0.15, 0.2) is 146 Å². The Labute approximate surface area is 401 Å². The van der Waals surface area contributed by atoms with Crippen molar-refractivity contribution in [1.29, 1.82) is 0 Å². The summed E-state index contributed by atoms with van der Waals surface area (Å²) in [6, 6.07) is 49.9. The topological polar surface area (TPSA) is 66.7 Å². The molecule has 358 valence electrons. The highest BCUT2D eigenvalue weighted by Crippen LogP contribution is 2.27. The van der Waals surface area contributed by atoms with E-state index in [9.17, 15) is 0 Å². The molecule has 0 aliphatic rings. The third-order valence-electron chi connectivity index (χ3n) is 9.98. The highest BCUT2D eigenvalue weighted by molar-refractivity contribution is 5.92. The van der Waals surface area contributed by atoms with E-state index in [1.165, 1.54) is 49.7 Å². The molecule has 0 radical (unpaired) electrons. The van der Waals surface area contributed by atoms with Gasteiger partial charge in [-0.15, -0.1) is 0 Å². The van der Waals surface area contributed by atoms with Gasteiger partial charge in [-0.3, -0.25) is 13.2 Å². The monoisotopic (exact) mass is 904 g/mol. The highest BCUT2D eigenvalue weighted by Gasteiger charge is 2.14. The zero-order valence-corrected chi connectivity index (χ0v) is 44.4. The highest BCUT2D eigenvalue weighted by atomic mass is 15.2. The third kappa shape index (κ3) is 11.2. The van der Waals surface area contributed by atoms with Gasteiger partial charge in [-0.05, 0) is 72.8 Å². The molecule has 0 saturated heterocycles. The Hall–Kier alpha value is -6.87. The van der Waals surface area contributed by atoms with Crippen LogP contribution in [0.2, 0.25) is 0 Å². The molecule has 0 N–H and O–H groups in total. The van der Waals surface area contributed by atoms with Gasteiger partial charge >= 0.3 is 0 Å². The zero-order valence-electron chi connectivity index (χ0n) is 44.4. The van der Waals surface area contributed by atoms with Crippen molar-refractivity contribution in [1.82, 2.24) is 41.9 Å². The first-order chi connectivity index (χ1) is 33.1. The number of fused-ring (bicyclic) bond motifs is 15. The van der Waals surface area contributed by atoms with Crippen molar-refractivity contribution in [2.24, 2.45) is 21.1 Å². The second kappa shape index (κ2) is 28.9. The van der Waals surface area contributed by atoms with E-state index in [4.69, 9.17) is 0 Å². The Kier molecular flexibility index (Phi) is 24.3. The standard InChI is InChI=1S/3C14H11N3.8C2H6/c3*1-16-12-8-4-5-9-13(12)17-11-7-3-2-6-10(11)15-14(16)17;8*1-2/h3*2-9H,1H3;8*1-2H3. The molecule has 0 amide bonds. The average Bonchev–Trinajstić information content (AvgIpc) is 4.28. The van der Waals surface area contributed by atoms with Crippen LogP contribution in [-0.4, -0.2) is 41.9 Å². The summed E-state index contributed by atoms with van der Waals surface area (Å²) in [5.74, 6) is 2.98. The van der Waals surface area contributed by atoms with Crippen molar-refractivity contribution >= 4 is 83.5 Å². The van der Waals surface area contributed by atoms with Gasteiger partial charge in [-0.2, -0.15) is 0 Å². The van der Waals surface area contributed by atoms with E-state index in [0.717, 1.165) is 33.9 Å². The van der Waals surface area contributed by atoms with Crippen molar-refractivity contribution in [3.63, 3.8) is 0 Å². The van der Waals surface area contributed by atoms with Crippen molar-refractivity contribution in [3.05, 3.63) is 146 Å². The fourth-order valence-electron chi connectivity index (χ4n) is 7.56. The molecule has 9 nitrogen and oxygen atoms in total. The first-order valence-electron chi connectivity index (χ1n) is 25.0. The molecule has 6 aromatic carbocycles. The van der Waals surface area contributed by atoms with Gasteiger partial charge in [0, 0.05) is 21.1 Å². The Morgan fingerprint density at radius 3 is 0.597 bits per heavy atom. The molecule has 67 heavy (non-hydrogen) atoms. The quantitative estimate of drug-likeness (QED) is 0.152. The van der Waals surface area contributed by atoms with E-state index < -0.39 is 0 Å². The van der Waals surface area contributed by atoms with E-state index in [1.807, 2.05) is 129 Å². The summed E-state index contributed by atoms with van der Waals surface area (Å²) in [6.45, 7) is 32.0. The molecule has 12 rings (SSSR count). The van der Waals surface area contributed by atoms with E-state index >= 15 is 0 Å². The third-order valence-corrected chi connectivity index (χ3v) is 9.98. The lowest BCUT2D eigenvalue weighted by Gasteiger charge is -1.94. The molecule has 0 atom stereocenters. The summed E-state index contributed by atoms with van der Waals surface area (Å²) in [7, 11) is 6.18. The van der Waals surface area contributed by atoms with Crippen LogP contribution >= 0.6 is 0 Å². The van der Waals surface area contributed by atoms with Crippen LogP contribution in [0.1, 0.15) is 111 Å². The number of hydrogen-bond acceptors (Lipinski definition) is 3. The van der Waals surface area contributed by atoms with E-state index in [2.05, 4.69) is 190 Å². The van der Waals surface area contributed by atoms with Crippen molar-refractivity contribution < 1.29 is 0 Å². The molecule has 0 bridgehead atoms.